The van der Waals surface area contributed by atoms with E-state index in [1.54, 1.807) is 0 Å². The largest absolute Gasteiger partial charge is 0.344 e. The average Bonchev–Trinajstić information content (AvgIpc) is 3.21. The van der Waals surface area contributed by atoms with Crippen LogP contribution in [0, 0.1) is 5.92 Å². The van der Waals surface area contributed by atoms with Gasteiger partial charge in [-0.15, -0.1) is 0 Å². The first-order valence-corrected chi connectivity index (χ1v) is 7.64. The summed E-state index contributed by atoms with van der Waals surface area (Å²) in [6.45, 7) is 1.09. The average molecular weight is 265 g/mol. The number of ketones is 1. The Morgan fingerprint density at radius 1 is 1.10 bits per heavy atom. The molecule has 0 aliphatic heterocycles. The van der Waals surface area contributed by atoms with Gasteiger partial charge in [-0.2, -0.15) is 0 Å². The zero-order chi connectivity index (χ0) is 13.5. The Balaban J connectivity index is 1.86. The van der Waals surface area contributed by atoms with Gasteiger partial charge in [-0.1, -0.05) is 30.3 Å². The Morgan fingerprint density at radius 2 is 1.90 bits per heavy atom. The Bertz CT molecular complexity index is 650. The Kier molecular flexibility index (Phi) is 2.76. The van der Waals surface area contributed by atoms with Crippen LogP contribution in [0.5, 0.6) is 0 Å². The number of aromatic nitrogens is 1. The summed E-state index contributed by atoms with van der Waals surface area (Å²) in [5.74, 6) is 1.16. The molecule has 2 aliphatic rings. The van der Waals surface area contributed by atoms with E-state index in [1.165, 1.54) is 29.8 Å². The van der Waals surface area contributed by atoms with Gasteiger partial charge in [-0.3, -0.25) is 4.79 Å². The van der Waals surface area contributed by atoms with Gasteiger partial charge in [-0.05, 0) is 43.2 Å². The number of Topliss-reactive ketones (excluding diaryl/α,β-unsaturated/α-hetero) is 1. The molecule has 0 N–H and O–H groups in total. The van der Waals surface area contributed by atoms with Crippen molar-refractivity contribution in [3.05, 3.63) is 47.7 Å². The molecule has 1 aromatic heterocycles. The third kappa shape index (κ3) is 2.00. The molecule has 0 spiro atoms. The summed E-state index contributed by atoms with van der Waals surface area (Å²) in [6.07, 6.45) is 5.47. The lowest BCUT2D eigenvalue weighted by Crippen LogP contribution is -2.14. The van der Waals surface area contributed by atoms with Crippen molar-refractivity contribution < 1.29 is 4.79 Å². The maximum atomic E-state index is 12.2. The van der Waals surface area contributed by atoms with Crippen LogP contribution in [-0.2, 0) is 13.0 Å². The van der Waals surface area contributed by atoms with Gasteiger partial charge in [0.05, 0.1) is 0 Å². The van der Waals surface area contributed by atoms with Gasteiger partial charge >= 0.3 is 0 Å². The number of carbonyl (C=O) groups excluding carboxylic acids is 1. The highest BCUT2D eigenvalue weighted by Gasteiger charge is 2.28. The molecule has 0 atom stereocenters. The van der Waals surface area contributed by atoms with Crippen LogP contribution in [0.25, 0.3) is 11.3 Å². The van der Waals surface area contributed by atoms with E-state index in [4.69, 9.17) is 0 Å². The second-order valence-electron chi connectivity index (χ2n) is 6.09. The van der Waals surface area contributed by atoms with E-state index in [0.29, 0.717) is 12.2 Å². The summed E-state index contributed by atoms with van der Waals surface area (Å²) < 4.78 is 2.43. The second kappa shape index (κ2) is 4.62. The van der Waals surface area contributed by atoms with Crippen LogP contribution < -0.4 is 0 Å². The van der Waals surface area contributed by atoms with Crippen molar-refractivity contribution in [2.24, 2.45) is 5.92 Å². The molecule has 0 unspecified atom stereocenters. The lowest BCUT2D eigenvalue weighted by atomic mass is 9.96. The van der Waals surface area contributed by atoms with E-state index in [0.717, 1.165) is 30.9 Å². The number of fused-ring (bicyclic) bond motifs is 1. The molecule has 2 aromatic rings. The predicted octanol–water partition coefficient (Wildman–Crippen LogP) is 4.08. The molecule has 2 aliphatic carbocycles. The van der Waals surface area contributed by atoms with Crippen LogP contribution in [0.15, 0.2) is 36.4 Å². The molecule has 1 heterocycles. The van der Waals surface area contributed by atoms with E-state index < -0.39 is 0 Å². The van der Waals surface area contributed by atoms with E-state index in [-0.39, 0.29) is 0 Å². The number of hydrogen-bond acceptors (Lipinski definition) is 1. The molecular formula is C18H19NO. The first-order chi connectivity index (χ1) is 9.83. The number of hydrogen-bond donors (Lipinski definition) is 0. The first-order valence-electron chi connectivity index (χ1n) is 7.64. The van der Waals surface area contributed by atoms with Gasteiger partial charge in [-0.25, -0.2) is 0 Å². The third-order valence-electron chi connectivity index (χ3n) is 4.53. The van der Waals surface area contributed by atoms with E-state index >= 15 is 0 Å². The zero-order valence-corrected chi connectivity index (χ0v) is 11.6. The highest BCUT2D eigenvalue weighted by Crippen LogP contribution is 2.36. The third-order valence-corrected chi connectivity index (χ3v) is 4.53. The summed E-state index contributed by atoms with van der Waals surface area (Å²) in [5.41, 5.74) is 4.73. The smallest absolute Gasteiger partial charge is 0.164 e. The van der Waals surface area contributed by atoms with Crippen molar-refractivity contribution in [1.29, 1.82) is 0 Å². The summed E-state index contributed by atoms with van der Waals surface area (Å²) in [7, 11) is 0. The van der Waals surface area contributed by atoms with Gasteiger partial charge in [0, 0.05) is 29.9 Å². The topological polar surface area (TPSA) is 22.0 Å². The lowest BCUT2D eigenvalue weighted by molar-refractivity contribution is 0.0971. The molecule has 0 saturated heterocycles. The van der Waals surface area contributed by atoms with E-state index in [9.17, 15) is 4.79 Å². The highest BCUT2D eigenvalue weighted by molar-refractivity contribution is 5.99. The Morgan fingerprint density at radius 3 is 2.65 bits per heavy atom. The van der Waals surface area contributed by atoms with Crippen molar-refractivity contribution in [2.75, 3.05) is 0 Å². The number of carbonyl (C=O) groups is 1. The molecule has 1 fully saturated rings. The highest BCUT2D eigenvalue weighted by atomic mass is 16.1. The molecule has 20 heavy (non-hydrogen) atoms. The van der Waals surface area contributed by atoms with Gasteiger partial charge in [0.15, 0.2) is 5.78 Å². The van der Waals surface area contributed by atoms with Crippen molar-refractivity contribution in [2.45, 2.75) is 38.6 Å². The van der Waals surface area contributed by atoms with Crippen LogP contribution >= 0.6 is 0 Å². The second-order valence-corrected chi connectivity index (χ2v) is 6.09. The maximum Gasteiger partial charge on any atom is 0.164 e. The first kappa shape index (κ1) is 12.0. The minimum atomic E-state index is 0.331. The molecular weight excluding hydrogens is 246 g/mol. The summed E-state index contributed by atoms with van der Waals surface area (Å²) >= 11 is 0. The summed E-state index contributed by atoms with van der Waals surface area (Å²) in [4.78, 5) is 12.2. The van der Waals surface area contributed by atoms with Crippen molar-refractivity contribution in [3.8, 4) is 11.3 Å². The molecule has 102 valence electrons. The molecule has 0 radical (unpaired) electrons. The standard InChI is InChI=1S/C18H19NO/c20-18-8-4-7-16-15(18)11-17(14-5-2-1-3-6-14)19(16)12-13-9-10-13/h1-3,5-6,11,13H,4,7-10,12H2. The number of nitrogens with zero attached hydrogens (tertiary/aromatic N) is 1. The molecule has 1 saturated carbocycles. The van der Waals surface area contributed by atoms with Crippen LogP contribution in [0.3, 0.4) is 0 Å². The van der Waals surface area contributed by atoms with Crippen molar-refractivity contribution in [3.63, 3.8) is 0 Å². The predicted molar refractivity (Wildman–Crippen MR) is 79.9 cm³/mol. The Labute approximate surface area is 119 Å². The normalized spacial score (nSPS) is 18.1. The minimum Gasteiger partial charge on any atom is -0.344 e. The Hall–Kier alpha value is -1.83. The quantitative estimate of drug-likeness (QED) is 0.819. The molecule has 0 bridgehead atoms. The van der Waals surface area contributed by atoms with Crippen LogP contribution in [0.4, 0.5) is 0 Å². The monoisotopic (exact) mass is 265 g/mol. The van der Waals surface area contributed by atoms with Crippen LogP contribution in [0.1, 0.15) is 41.7 Å². The van der Waals surface area contributed by atoms with E-state index in [2.05, 4.69) is 34.9 Å². The molecule has 1 aromatic carbocycles. The zero-order valence-electron chi connectivity index (χ0n) is 11.6. The van der Waals surface area contributed by atoms with Gasteiger partial charge in [0.2, 0.25) is 0 Å². The fourth-order valence-corrected chi connectivity index (χ4v) is 3.27. The van der Waals surface area contributed by atoms with Crippen LogP contribution in [-0.4, -0.2) is 10.4 Å². The number of benzene rings is 1. The maximum absolute atomic E-state index is 12.2. The summed E-state index contributed by atoms with van der Waals surface area (Å²) in [5, 5.41) is 0. The fourth-order valence-electron chi connectivity index (χ4n) is 3.27. The van der Waals surface area contributed by atoms with Gasteiger partial charge in [0.25, 0.3) is 0 Å². The SMILES string of the molecule is O=C1CCCc2c1cc(-c1ccccc1)n2CC1CC1. The number of rotatable bonds is 3. The fraction of sp³-hybridized carbons (Fsp3) is 0.389. The van der Waals surface area contributed by atoms with Gasteiger partial charge < -0.3 is 4.57 Å². The van der Waals surface area contributed by atoms with Crippen LogP contribution in [0.2, 0.25) is 0 Å². The lowest BCUT2D eigenvalue weighted by Gasteiger charge is -2.16. The molecule has 2 nitrogen and oxygen atoms in total. The molecule has 4 rings (SSSR count). The molecule has 2 heteroatoms. The van der Waals surface area contributed by atoms with Gasteiger partial charge in [0.1, 0.15) is 0 Å². The molecule has 0 amide bonds. The minimum absolute atomic E-state index is 0.331. The van der Waals surface area contributed by atoms with Crippen molar-refractivity contribution >= 4 is 5.78 Å². The van der Waals surface area contributed by atoms with Crippen molar-refractivity contribution in [1.82, 2.24) is 4.57 Å². The van der Waals surface area contributed by atoms with E-state index in [1.807, 2.05) is 6.07 Å². The summed E-state index contributed by atoms with van der Waals surface area (Å²) in [6, 6.07) is 12.6.